The smallest absolute Gasteiger partial charge is 0.255 e. The quantitative estimate of drug-likeness (QED) is 0.699. The van der Waals surface area contributed by atoms with Crippen LogP contribution < -0.4 is 4.72 Å². The molecule has 0 spiro atoms. The molecule has 26 heavy (non-hydrogen) atoms. The van der Waals surface area contributed by atoms with Gasteiger partial charge in [0.25, 0.3) is 10.0 Å². The fourth-order valence-electron chi connectivity index (χ4n) is 2.27. The standard InChI is InChI=1S/C17H13F3N2O2S2/c1-10-2-4-14(19)16(6-10)26(23,24)22-17-21-9-12(25-17)7-11-3-5-13(18)15(20)8-11/h2-6,8-9H,7H2,1H3,(H,21,22). The molecule has 1 N–H and O–H groups in total. The molecule has 4 nitrogen and oxygen atoms in total. The number of hydrogen-bond acceptors (Lipinski definition) is 4. The van der Waals surface area contributed by atoms with Crippen molar-refractivity contribution in [2.45, 2.75) is 18.2 Å². The maximum atomic E-state index is 13.8. The van der Waals surface area contributed by atoms with E-state index in [0.717, 1.165) is 29.5 Å². The van der Waals surface area contributed by atoms with E-state index < -0.39 is 32.4 Å². The Bertz CT molecular complexity index is 1070. The number of rotatable bonds is 5. The first-order chi connectivity index (χ1) is 12.2. The minimum atomic E-state index is -4.13. The number of anilines is 1. The summed E-state index contributed by atoms with van der Waals surface area (Å²) in [4.78, 5) is 4.13. The summed E-state index contributed by atoms with van der Waals surface area (Å²) >= 11 is 1.03. The van der Waals surface area contributed by atoms with Crippen LogP contribution >= 0.6 is 11.3 Å². The molecule has 0 aliphatic heterocycles. The van der Waals surface area contributed by atoms with Crippen molar-refractivity contribution in [3.8, 4) is 0 Å². The number of thiazole rings is 1. The highest BCUT2D eigenvalue weighted by Crippen LogP contribution is 2.25. The Morgan fingerprint density at radius 2 is 1.77 bits per heavy atom. The largest absolute Gasteiger partial charge is 0.266 e. The first-order valence-electron chi connectivity index (χ1n) is 7.42. The summed E-state index contributed by atoms with van der Waals surface area (Å²) in [6, 6.07) is 7.31. The molecule has 9 heteroatoms. The lowest BCUT2D eigenvalue weighted by molar-refractivity contribution is 0.507. The molecular weight excluding hydrogens is 385 g/mol. The van der Waals surface area contributed by atoms with Crippen LogP contribution in [0.5, 0.6) is 0 Å². The Hall–Kier alpha value is -2.39. The molecule has 0 radical (unpaired) electrons. The number of halogens is 3. The molecule has 0 fully saturated rings. The van der Waals surface area contributed by atoms with E-state index in [2.05, 4.69) is 9.71 Å². The van der Waals surface area contributed by atoms with Gasteiger partial charge in [-0.05, 0) is 42.3 Å². The van der Waals surface area contributed by atoms with Crippen LogP contribution in [0.1, 0.15) is 16.0 Å². The molecule has 2 aromatic carbocycles. The van der Waals surface area contributed by atoms with Gasteiger partial charge < -0.3 is 0 Å². The minimum Gasteiger partial charge on any atom is -0.255 e. The third-order valence-corrected chi connectivity index (χ3v) is 5.91. The maximum Gasteiger partial charge on any atom is 0.266 e. The molecule has 3 aromatic rings. The molecule has 1 heterocycles. The van der Waals surface area contributed by atoms with Crippen LogP contribution in [0.25, 0.3) is 0 Å². The second-order valence-corrected chi connectivity index (χ2v) is 8.36. The van der Waals surface area contributed by atoms with Gasteiger partial charge in [0.05, 0.1) is 0 Å². The summed E-state index contributed by atoms with van der Waals surface area (Å²) in [7, 11) is -4.13. The first-order valence-corrected chi connectivity index (χ1v) is 9.72. The van der Waals surface area contributed by atoms with Crippen molar-refractivity contribution in [2.75, 3.05) is 4.72 Å². The van der Waals surface area contributed by atoms with E-state index in [-0.39, 0.29) is 11.6 Å². The number of nitrogens with zero attached hydrogens (tertiary/aromatic N) is 1. The van der Waals surface area contributed by atoms with Gasteiger partial charge in [-0.3, -0.25) is 4.72 Å². The summed E-state index contributed by atoms with van der Waals surface area (Å²) in [5, 5.41) is 0.0588. The van der Waals surface area contributed by atoms with Crippen molar-refractivity contribution in [3.05, 3.63) is 76.1 Å². The molecule has 0 amide bonds. The van der Waals surface area contributed by atoms with Crippen molar-refractivity contribution in [1.29, 1.82) is 0 Å². The van der Waals surface area contributed by atoms with E-state index in [0.29, 0.717) is 16.0 Å². The average Bonchev–Trinajstić information content (AvgIpc) is 2.99. The summed E-state index contributed by atoms with van der Waals surface area (Å²) in [5.74, 6) is -2.75. The molecular formula is C17H13F3N2O2S2. The average molecular weight is 398 g/mol. The molecule has 3 rings (SSSR count). The summed E-state index contributed by atoms with van der Waals surface area (Å²) in [5.41, 5.74) is 1.12. The Kier molecular flexibility index (Phi) is 5.01. The molecule has 136 valence electrons. The van der Waals surface area contributed by atoms with Crippen LogP contribution in [-0.2, 0) is 16.4 Å². The number of aromatic nitrogens is 1. The normalized spacial score (nSPS) is 11.5. The number of nitrogens with one attached hydrogen (secondary N) is 1. The van der Waals surface area contributed by atoms with Gasteiger partial charge in [-0.25, -0.2) is 26.6 Å². The Balaban J connectivity index is 1.79. The van der Waals surface area contributed by atoms with Crippen molar-refractivity contribution in [1.82, 2.24) is 4.98 Å². The fraction of sp³-hybridized carbons (Fsp3) is 0.118. The Morgan fingerprint density at radius 1 is 1.04 bits per heavy atom. The van der Waals surface area contributed by atoms with Crippen LogP contribution in [0.15, 0.2) is 47.5 Å². The Labute approximate surface area is 152 Å². The van der Waals surface area contributed by atoms with Gasteiger partial charge in [-0.2, -0.15) is 0 Å². The van der Waals surface area contributed by atoms with Gasteiger partial charge in [0.1, 0.15) is 10.7 Å². The highest BCUT2D eigenvalue weighted by Gasteiger charge is 2.21. The molecule has 0 saturated carbocycles. The van der Waals surface area contributed by atoms with Crippen LogP contribution in [-0.4, -0.2) is 13.4 Å². The molecule has 0 aliphatic rings. The highest BCUT2D eigenvalue weighted by atomic mass is 32.2. The summed E-state index contributed by atoms with van der Waals surface area (Å²) in [6.07, 6.45) is 1.69. The lowest BCUT2D eigenvalue weighted by atomic mass is 10.1. The minimum absolute atomic E-state index is 0.0588. The maximum absolute atomic E-state index is 13.8. The van der Waals surface area contributed by atoms with Crippen LogP contribution in [0, 0.1) is 24.4 Å². The zero-order chi connectivity index (χ0) is 18.9. The van der Waals surface area contributed by atoms with Gasteiger partial charge in [0.2, 0.25) is 0 Å². The third-order valence-electron chi connectivity index (χ3n) is 3.51. The number of aryl methyl sites for hydroxylation is 1. The molecule has 0 bridgehead atoms. The van der Waals surface area contributed by atoms with Crippen molar-refractivity contribution in [2.24, 2.45) is 0 Å². The first kappa shape index (κ1) is 18.4. The van der Waals surface area contributed by atoms with E-state index in [9.17, 15) is 21.6 Å². The molecule has 1 aromatic heterocycles. The van der Waals surface area contributed by atoms with E-state index in [1.807, 2.05) is 0 Å². The highest BCUT2D eigenvalue weighted by molar-refractivity contribution is 7.93. The van der Waals surface area contributed by atoms with Crippen molar-refractivity contribution in [3.63, 3.8) is 0 Å². The van der Waals surface area contributed by atoms with E-state index >= 15 is 0 Å². The monoisotopic (exact) mass is 398 g/mol. The van der Waals surface area contributed by atoms with E-state index in [4.69, 9.17) is 0 Å². The molecule has 0 saturated heterocycles. The van der Waals surface area contributed by atoms with Gasteiger partial charge in [-0.15, -0.1) is 11.3 Å². The van der Waals surface area contributed by atoms with Crippen LogP contribution in [0.3, 0.4) is 0 Å². The van der Waals surface area contributed by atoms with E-state index in [1.165, 1.54) is 24.4 Å². The lowest BCUT2D eigenvalue weighted by Gasteiger charge is -2.07. The fourth-order valence-corrected chi connectivity index (χ4v) is 4.53. The summed E-state index contributed by atoms with van der Waals surface area (Å²) < 4.78 is 67.0. The molecule has 0 aliphatic carbocycles. The lowest BCUT2D eigenvalue weighted by Crippen LogP contribution is -2.14. The van der Waals surface area contributed by atoms with Crippen LogP contribution in [0.4, 0.5) is 18.3 Å². The van der Waals surface area contributed by atoms with Crippen molar-refractivity contribution >= 4 is 26.5 Å². The number of hydrogen-bond donors (Lipinski definition) is 1. The SMILES string of the molecule is Cc1ccc(F)c(S(=O)(=O)Nc2ncc(Cc3ccc(F)c(F)c3)s2)c1. The van der Waals surface area contributed by atoms with Crippen LogP contribution in [0.2, 0.25) is 0 Å². The predicted molar refractivity (Wildman–Crippen MR) is 93.2 cm³/mol. The second-order valence-electron chi connectivity index (χ2n) is 5.60. The zero-order valence-electron chi connectivity index (χ0n) is 13.5. The van der Waals surface area contributed by atoms with Gasteiger partial charge in [-0.1, -0.05) is 12.1 Å². The van der Waals surface area contributed by atoms with Gasteiger partial charge >= 0.3 is 0 Å². The van der Waals surface area contributed by atoms with Crippen molar-refractivity contribution < 1.29 is 21.6 Å². The number of benzene rings is 2. The topological polar surface area (TPSA) is 59.1 Å². The van der Waals surface area contributed by atoms with Gasteiger partial charge in [0, 0.05) is 17.5 Å². The zero-order valence-corrected chi connectivity index (χ0v) is 15.1. The third kappa shape index (κ3) is 4.05. The van der Waals surface area contributed by atoms with E-state index in [1.54, 1.807) is 6.92 Å². The molecule has 0 unspecified atom stereocenters. The Morgan fingerprint density at radius 3 is 2.50 bits per heavy atom. The van der Waals surface area contributed by atoms with Gasteiger partial charge in [0.15, 0.2) is 16.8 Å². The summed E-state index contributed by atoms with van der Waals surface area (Å²) in [6.45, 7) is 1.65. The number of sulfonamides is 1. The molecule has 0 atom stereocenters. The second kappa shape index (κ2) is 7.08. The predicted octanol–water partition coefficient (Wildman–Crippen LogP) is 4.26.